The minimum Gasteiger partial charge on any atom is -0.452 e. The van der Waals surface area contributed by atoms with Gasteiger partial charge in [0.05, 0.1) is 11.8 Å². The van der Waals surface area contributed by atoms with E-state index in [0.717, 1.165) is 18.4 Å². The molecule has 0 unspecified atom stereocenters. The molecule has 3 nitrogen and oxygen atoms in total. The van der Waals surface area contributed by atoms with Crippen LogP contribution in [0, 0.1) is 17.8 Å². The van der Waals surface area contributed by atoms with Crippen molar-refractivity contribution in [2.45, 2.75) is 25.7 Å². The molecule has 1 amide bonds. The zero-order chi connectivity index (χ0) is 11.8. The van der Waals surface area contributed by atoms with Crippen LogP contribution < -0.4 is 5.32 Å². The molecule has 0 aromatic carbocycles. The minimum absolute atomic E-state index is 0.116. The number of carbonyl (C=O) groups is 1. The molecule has 3 rings (SSSR count). The number of halogens is 1. The van der Waals surface area contributed by atoms with Crippen molar-refractivity contribution < 1.29 is 9.21 Å². The molecule has 4 heteroatoms. The third-order valence-electron chi connectivity index (χ3n) is 3.82. The summed E-state index contributed by atoms with van der Waals surface area (Å²) in [5, 5.41) is 3.16. The summed E-state index contributed by atoms with van der Waals surface area (Å²) in [7, 11) is 0. The lowest BCUT2D eigenvalue weighted by molar-refractivity contribution is 0.0943. The SMILES string of the molecule is O=C(NCC(C1CC1)C1CC1)c1ccoc1Cl. The summed E-state index contributed by atoms with van der Waals surface area (Å²) < 4.78 is 4.92. The molecule has 0 atom stereocenters. The average Bonchev–Trinajstić information content (AvgIpc) is 3.20. The lowest BCUT2D eigenvalue weighted by Crippen LogP contribution is -2.31. The van der Waals surface area contributed by atoms with Gasteiger partial charge in [0.2, 0.25) is 5.22 Å². The normalized spacial score (nSPS) is 19.6. The van der Waals surface area contributed by atoms with E-state index >= 15 is 0 Å². The topological polar surface area (TPSA) is 42.2 Å². The van der Waals surface area contributed by atoms with Crippen LogP contribution in [0.25, 0.3) is 0 Å². The monoisotopic (exact) mass is 253 g/mol. The second-order valence-electron chi connectivity index (χ2n) is 5.16. The van der Waals surface area contributed by atoms with Gasteiger partial charge in [-0.1, -0.05) is 0 Å². The maximum Gasteiger partial charge on any atom is 0.256 e. The molecule has 2 saturated carbocycles. The Morgan fingerprint density at radius 3 is 2.53 bits per heavy atom. The Morgan fingerprint density at radius 2 is 2.06 bits per heavy atom. The minimum atomic E-state index is -0.116. The van der Waals surface area contributed by atoms with Crippen molar-refractivity contribution in [3.8, 4) is 0 Å². The number of carbonyl (C=O) groups excluding carboxylic acids is 1. The van der Waals surface area contributed by atoms with E-state index in [1.807, 2.05) is 0 Å². The maximum atomic E-state index is 11.9. The van der Waals surface area contributed by atoms with Crippen molar-refractivity contribution in [2.24, 2.45) is 17.8 Å². The lowest BCUT2D eigenvalue weighted by atomic mass is 9.98. The molecule has 0 bridgehead atoms. The van der Waals surface area contributed by atoms with E-state index in [1.54, 1.807) is 6.07 Å². The molecule has 0 radical (unpaired) electrons. The van der Waals surface area contributed by atoms with Gasteiger partial charge < -0.3 is 9.73 Å². The van der Waals surface area contributed by atoms with Crippen LogP contribution in [-0.4, -0.2) is 12.5 Å². The maximum absolute atomic E-state index is 11.9. The summed E-state index contributed by atoms with van der Waals surface area (Å²) in [5.74, 6) is 2.27. The van der Waals surface area contributed by atoms with Crippen molar-refractivity contribution in [1.29, 1.82) is 0 Å². The van der Waals surface area contributed by atoms with Crippen LogP contribution >= 0.6 is 11.6 Å². The largest absolute Gasteiger partial charge is 0.452 e. The number of hydrogen-bond acceptors (Lipinski definition) is 2. The van der Waals surface area contributed by atoms with Gasteiger partial charge in [0, 0.05) is 6.54 Å². The van der Waals surface area contributed by atoms with Crippen LogP contribution in [0.4, 0.5) is 0 Å². The molecule has 0 aliphatic heterocycles. The molecule has 1 aromatic rings. The molecular weight excluding hydrogens is 238 g/mol. The van der Waals surface area contributed by atoms with E-state index in [2.05, 4.69) is 5.32 Å². The van der Waals surface area contributed by atoms with Crippen molar-refractivity contribution in [3.05, 3.63) is 23.1 Å². The van der Waals surface area contributed by atoms with E-state index in [1.165, 1.54) is 31.9 Å². The Kier molecular flexibility index (Phi) is 2.87. The number of amides is 1. The zero-order valence-corrected chi connectivity index (χ0v) is 10.4. The summed E-state index contributed by atoms with van der Waals surface area (Å²) in [6.45, 7) is 0.787. The van der Waals surface area contributed by atoms with Crippen LogP contribution in [0.3, 0.4) is 0 Å². The molecule has 1 heterocycles. The highest BCUT2D eigenvalue weighted by Gasteiger charge is 2.41. The lowest BCUT2D eigenvalue weighted by Gasteiger charge is -2.15. The van der Waals surface area contributed by atoms with Gasteiger partial charge in [0.15, 0.2) is 0 Å². The molecule has 2 aliphatic rings. The third kappa shape index (κ3) is 2.49. The smallest absolute Gasteiger partial charge is 0.256 e. The molecule has 2 fully saturated rings. The molecule has 0 spiro atoms. The third-order valence-corrected chi connectivity index (χ3v) is 4.11. The summed E-state index contributed by atoms with van der Waals surface area (Å²) in [6, 6.07) is 1.61. The fourth-order valence-electron chi connectivity index (χ4n) is 2.53. The molecule has 92 valence electrons. The summed E-state index contributed by atoms with van der Waals surface area (Å²) in [5.41, 5.74) is 0.442. The van der Waals surface area contributed by atoms with Gasteiger partial charge in [0.25, 0.3) is 5.91 Å². The second kappa shape index (κ2) is 4.37. The van der Waals surface area contributed by atoms with Gasteiger partial charge in [-0.25, -0.2) is 0 Å². The summed E-state index contributed by atoms with van der Waals surface area (Å²) in [4.78, 5) is 11.9. The highest BCUT2D eigenvalue weighted by molar-refractivity contribution is 6.32. The molecule has 2 aliphatic carbocycles. The van der Waals surface area contributed by atoms with Gasteiger partial charge in [-0.05, 0) is 61.1 Å². The molecule has 17 heavy (non-hydrogen) atoms. The number of furan rings is 1. The van der Waals surface area contributed by atoms with Crippen molar-refractivity contribution in [3.63, 3.8) is 0 Å². The number of hydrogen-bond donors (Lipinski definition) is 1. The standard InChI is InChI=1S/C13H16ClNO2/c14-12-10(5-6-17-12)13(16)15-7-11(8-1-2-8)9-3-4-9/h5-6,8-9,11H,1-4,7H2,(H,15,16). The second-order valence-corrected chi connectivity index (χ2v) is 5.50. The van der Waals surface area contributed by atoms with Gasteiger partial charge in [0.1, 0.15) is 0 Å². The predicted molar refractivity (Wildman–Crippen MR) is 65.0 cm³/mol. The Labute approximate surface area is 106 Å². The van der Waals surface area contributed by atoms with E-state index in [-0.39, 0.29) is 11.1 Å². The summed E-state index contributed by atoms with van der Waals surface area (Å²) in [6.07, 6.45) is 6.79. The first-order valence-electron chi connectivity index (χ1n) is 6.27. The van der Waals surface area contributed by atoms with E-state index in [0.29, 0.717) is 11.5 Å². The predicted octanol–water partition coefficient (Wildman–Crippen LogP) is 3.10. The molecule has 0 saturated heterocycles. The van der Waals surface area contributed by atoms with E-state index in [4.69, 9.17) is 16.0 Å². The molecule has 1 N–H and O–H groups in total. The number of rotatable bonds is 5. The van der Waals surface area contributed by atoms with Crippen LogP contribution in [0.15, 0.2) is 16.7 Å². The first-order valence-corrected chi connectivity index (χ1v) is 6.64. The summed E-state index contributed by atoms with van der Waals surface area (Å²) >= 11 is 5.77. The quantitative estimate of drug-likeness (QED) is 0.876. The fraction of sp³-hybridized carbons (Fsp3) is 0.615. The first-order chi connectivity index (χ1) is 8.25. The Balaban J connectivity index is 1.56. The van der Waals surface area contributed by atoms with Crippen LogP contribution in [-0.2, 0) is 0 Å². The van der Waals surface area contributed by atoms with Crippen LogP contribution in [0.2, 0.25) is 5.22 Å². The van der Waals surface area contributed by atoms with Gasteiger partial charge in [-0.2, -0.15) is 0 Å². The Hall–Kier alpha value is -0.960. The van der Waals surface area contributed by atoms with Crippen molar-refractivity contribution >= 4 is 17.5 Å². The van der Waals surface area contributed by atoms with Crippen molar-refractivity contribution in [2.75, 3.05) is 6.54 Å². The Morgan fingerprint density at radius 1 is 1.41 bits per heavy atom. The van der Waals surface area contributed by atoms with Crippen LogP contribution in [0.5, 0.6) is 0 Å². The van der Waals surface area contributed by atoms with Crippen LogP contribution in [0.1, 0.15) is 36.0 Å². The molecule has 1 aromatic heterocycles. The highest BCUT2D eigenvalue weighted by Crippen LogP contribution is 2.48. The van der Waals surface area contributed by atoms with Gasteiger partial charge in [-0.3, -0.25) is 4.79 Å². The average molecular weight is 254 g/mol. The van der Waals surface area contributed by atoms with Gasteiger partial charge >= 0.3 is 0 Å². The van der Waals surface area contributed by atoms with E-state index < -0.39 is 0 Å². The number of nitrogens with one attached hydrogen (secondary N) is 1. The zero-order valence-electron chi connectivity index (χ0n) is 9.62. The molecular formula is C13H16ClNO2. The Bertz CT molecular complexity index is 409. The van der Waals surface area contributed by atoms with E-state index in [9.17, 15) is 4.79 Å². The fourth-order valence-corrected chi connectivity index (χ4v) is 2.73. The first kappa shape index (κ1) is 11.1. The highest BCUT2D eigenvalue weighted by atomic mass is 35.5. The van der Waals surface area contributed by atoms with Gasteiger partial charge in [-0.15, -0.1) is 0 Å². The van der Waals surface area contributed by atoms with Crippen molar-refractivity contribution in [1.82, 2.24) is 5.32 Å².